The van der Waals surface area contributed by atoms with Crippen molar-refractivity contribution in [3.8, 4) is 6.07 Å². The average Bonchev–Trinajstić information content (AvgIpc) is 2.16. The molecule has 0 unspecified atom stereocenters. The molecular weight excluding hydrogens is 211 g/mol. The molecule has 1 heterocycles. The summed E-state index contributed by atoms with van der Waals surface area (Å²) in [5.74, 6) is -0.888. The molecule has 0 radical (unpaired) electrons. The Balaban J connectivity index is 2.11. The predicted molar refractivity (Wildman–Crippen MR) is 53.9 cm³/mol. The Labute approximate surface area is 91.6 Å². The van der Waals surface area contributed by atoms with Crippen LogP contribution in [0.1, 0.15) is 0 Å². The Morgan fingerprint density at radius 1 is 1.56 bits per heavy atom. The van der Waals surface area contributed by atoms with E-state index in [0.29, 0.717) is 5.69 Å². The number of anilines is 1. The lowest BCUT2D eigenvalue weighted by molar-refractivity contribution is -0.144. The van der Waals surface area contributed by atoms with Gasteiger partial charge in [0.2, 0.25) is 5.91 Å². The molecule has 0 aliphatic carbocycles. The molecule has 1 aliphatic rings. The normalized spacial score (nSPS) is 17.0. The molecule has 0 saturated carbocycles. The standard InChI is InChI=1S/C11H9FN2O2/c12-8-2-1-3-9(4-8)14-10(15)11(5-13)6-16-7-11/h1-4H,6-7H2,(H,14,15). The molecule has 2 rings (SSSR count). The van der Waals surface area contributed by atoms with Crippen LogP contribution in [0.2, 0.25) is 0 Å². The van der Waals surface area contributed by atoms with Gasteiger partial charge in [-0.2, -0.15) is 5.26 Å². The third kappa shape index (κ3) is 1.75. The average molecular weight is 220 g/mol. The van der Waals surface area contributed by atoms with Crippen molar-refractivity contribution in [1.29, 1.82) is 5.26 Å². The highest BCUT2D eigenvalue weighted by Gasteiger charge is 2.46. The van der Waals surface area contributed by atoms with Gasteiger partial charge in [0.1, 0.15) is 5.82 Å². The summed E-state index contributed by atoms with van der Waals surface area (Å²) < 4.78 is 17.7. The number of rotatable bonds is 2. The van der Waals surface area contributed by atoms with E-state index >= 15 is 0 Å². The highest BCUT2D eigenvalue weighted by atomic mass is 19.1. The zero-order valence-corrected chi connectivity index (χ0v) is 8.37. The molecule has 1 aromatic rings. The van der Waals surface area contributed by atoms with E-state index in [1.807, 2.05) is 6.07 Å². The van der Waals surface area contributed by atoms with Crippen LogP contribution in [-0.2, 0) is 9.53 Å². The summed E-state index contributed by atoms with van der Waals surface area (Å²) in [6.45, 7) is 0.176. The first-order chi connectivity index (χ1) is 7.66. The fourth-order valence-electron chi connectivity index (χ4n) is 1.37. The fourth-order valence-corrected chi connectivity index (χ4v) is 1.37. The second kappa shape index (κ2) is 3.91. The zero-order valence-electron chi connectivity index (χ0n) is 8.37. The summed E-state index contributed by atoms with van der Waals surface area (Å²) in [5, 5.41) is 11.4. The molecule has 5 heteroatoms. The molecule has 1 N–H and O–H groups in total. The second-order valence-electron chi connectivity index (χ2n) is 3.65. The maximum Gasteiger partial charge on any atom is 0.249 e. The van der Waals surface area contributed by atoms with Gasteiger partial charge in [0.05, 0.1) is 19.3 Å². The number of amides is 1. The molecule has 1 aliphatic heterocycles. The van der Waals surface area contributed by atoms with E-state index < -0.39 is 17.1 Å². The first kappa shape index (κ1) is 10.6. The molecule has 82 valence electrons. The van der Waals surface area contributed by atoms with Gasteiger partial charge < -0.3 is 10.1 Å². The van der Waals surface area contributed by atoms with Gasteiger partial charge in [-0.25, -0.2) is 4.39 Å². The van der Waals surface area contributed by atoms with Gasteiger partial charge in [-0.1, -0.05) is 6.07 Å². The van der Waals surface area contributed by atoms with Gasteiger partial charge in [-0.15, -0.1) is 0 Å². The van der Waals surface area contributed by atoms with E-state index in [1.54, 1.807) is 6.07 Å². The molecule has 1 aromatic carbocycles. The zero-order chi connectivity index (χ0) is 11.6. The molecule has 4 nitrogen and oxygen atoms in total. The van der Waals surface area contributed by atoms with Crippen molar-refractivity contribution in [2.75, 3.05) is 18.5 Å². The van der Waals surface area contributed by atoms with Crippen LogP contribution in [0.5, 0.6) is 0 Å². The molecule has 0 spiro atoms. The highest BCUT2D eigenvalue weighted by Crippen LogP contribution is 2.28. The molecular formula is C11H9FN2O2. The van der Waals surface area contributed by atoms with Crippen molar-refractivity contribution in [2.45, 2.75) is 0 Å². The van der Waals surface area contributed by atoms with Crippen LogP contribution < -0.4 is 5.32 Å². The third-order valence-electron chi connectivity index (χ3n) is 2.43. The van der Waals surface area contributed by atoms with Crippen LogP contribution in [0.25, 0.3) is 0 Å². The van der Waals surface area contributed by atoms with E-state index in [2.05, 4.69) is 5.32 Å². The quantitative estimate of drug-likeness (QED) is 0.817. The van der Waals surface area contributed by atoms with Gasteiger partial charge in [-0.05, 0) is 18.2 Å². The lowest BCUT2D eigenvalue weighted by Crippen LogP contribution is -2.50. The minimum atomic E-state index is -1.12. The summed E-state index contributed by atoms with van der Waals surface area (Å²) in [6, 6.07) is 7.44. The van der Waals surface area contributed by atoms with E-state index in [1.165, 1.54) is 18.2 Å². The van der Waals surface area contributed by atoms with Crippen molar-refractivity contribution >= 4 is 11.6 Å². The Morgan fingerprint density at radius 2 is 2.31 bits per heavy atom. The van der Waals surface area contributed by atoms with E-state index in [9.17, 15) is 9.18 Å². The van der Waals surface area contributed by atoms with Crippen LogP contribution in [0, 0.1) is 22.6 Å². The minimum Gasteiger partial charge on any atom is -0.377 e. The van der Waals surface area contributed by atoms with E-state index in [4.69, 9.17) is 10.00 Å². The molecule has 1 saturated heterocycles. The van der Waals surface area contributed by atoms with Crippen LogP contribution in [0.15, 0.2) is 24.3 Å². The van der Waals surface area contributed by atoms with Gasteiger partial charge in [0, 0.05) is 5.69 Å². The van der Waals surface area contributed by atoms with Crippen molar-refractivity contribution in [2.24, 2.45) is 5.41 Å². The van der Waals surface area contributed by atoms with Crippen LogP contribution in [0.4, 0.5) is 10.1 Å². The number of nitrogens with one attached hydrogen (secondary N) is 1. The molecule has 0 bridgehead atoms. The summed E-state index contributed by atoms with van der Waals surface area (Å²) in [5.41, 5.74) is -0.779. The third-order valence-corrected chi connectivity index (χ3v) is 2.43. The van der Waals surface area contributed by atoms with Crippen LogP contribution in [-0.4, -0.2) is 19.1 Å². The predicted octanol–water partition coefficient (Wildman–Crippen LogP) is 1.30. The van der Waals surface area contributed by atoms with Gasteiger partial charge in [-0.3, -0.25) is 4.79 Å². The molecule has 0 atom stereocenters. The molecule has 16 heavy (non-hydrogen) atoms. The smallest absolute Gasteiger partial charge is 0.249 e. The lowest BCUT2D eigenvalue weighted by Gasteiger charge is -2.33. The molecule has 1 amide bonds. The number of carbonyl (C=O) groups is 1. The maximum atomic E-state index is 12.9. The number of hydrogen-bond donors (Lipinski definition) is 1. The summed E-state index contributed by atoms with van der Waals surface area (Å²) in [7, 11) is 0. The Hall–Kier alpha value is -1.93. The first-order valence-corrected chi connectivity index (χ1v) is 4.72. The summed E-state index contributed by atoms with van der Waals surface area (Å²) in [6.07, 6.45) is 0. The van der Waals surface area contributed by atoms with Gasteiger partial charge in [0.25, 0.3) is 0 Å². The molecule has 0 aromatic heterocycles. The highest BCUT2D eigenvalue weighted by molar-refractivity contribution is 5.98. The Kier molecular flexibility index (Phi) is 2.59. The van der Waals surface area contributed by atoms with Gasteiger partial charge in [0.15, 0.2) is 5.41 Å². The number of ether oxygens (including phenoxy) is 1. The number of halogens is 1. The SMILES string of the molecule is N#CC1(C(=O)Nc2cccc(F)c2)COC1. The first-order valence-electron chi connectivity index (χ1n) is 4.72. The van der Waals surface area contributed by atoms with Crippen molar-refractivity contribution in [1.82, 2.24) is 0 Å². The summed E-state index contributed by atoms with van der Waals surface area (Å²) >= 11 is 0. The molecule has 1 fully saturated rings. The Bertz CT molecular complexity index is 463. The van der Waals surface area contributed by atoms with Gasteiger partial charge >= 0.3 is 0 Å². The monoisotopic (exact) mass is 220 g/mol. The lowest BCUT2D eigenvalue weighted by atomic mass is 9.87. The topological polar surface area (TPSA) is 62.1 Å². The summed E-state index contributed by atoms with van der Waals surface area (Å²) in [4.78, 5) is 11.7. The largest absolute Gasteiger partial charge is 0.377 e. The number of nitrogens with zero attached hydrogens (tertiary/aromatic N) is 1. The Morgan fingerprint density at radius 3 is 2.81 bits per heavy atom. The number of carbonyl (C=O) groups excluding carboxylic acids is 1. The number of benzene rings is 1. The fraction of sp³-hybridized carbons (Fsp3) is 0.273. The number of hydrogen-bond acceptors (Lipinski definition) is 3. The van der Waals surface area contributed by atoms with Crippen molar-refractivity contribution < 1.29 is 13.9 Å². The van der Waals surface area contributed by atoms with Crippen LogP contribution in [0.3, 0.4) is 0 Å². The number of nitriles is 1. The van der Waals surface area contributed by atoms with Crippen molar-refractivity contribution in [3.63, 3.8) is 0 Å². The maximum absolute atomic E-state index is 12.9. The van der Waals surface area contributed by atoms with Crippen LogP contribution >= 0.6 is 0 Å². The van der Waals surface area contributed by atoms with Crippen molar-refractivity contribution in [3.05, 3.63) is 30.1 Å². The second-order valence-corrected chi connectivity index (χ2v) is 3.65. The van der Waals surface area contributed by atoms with E-state index in [0.717, 1.165) is 0 Å². The minimum absolute atomic E-state index is 0.0879. The van der Waals surface area contributed by atoms with E-state index in [-0.39, 0.29) is 13.2 Å².